The van der Waals surface area contributed by atoms with Gasteiger partial charge in [-0.25, -0.2) is 8.42 Å². The molecule has 0 fully saturated rings. The van der Waals surface area contributed by atoms with Crippen molar-refractivity contribution in [1.82, 2.24) is 0 Å². The number of benzene rings is 2. The van der Waals surface area contributed by atoms with Gasteiger partial charge >= 0.3 is 0 Å². The number of anilines is 1. The molecule has 1 heterocycles. The summed E-state index contributed by atoms with van der Waals surface area (Å²) >= 11 is 0. The SMILES string of the molecule is O=[N+]([O-])c1ccccc1S(=O)(=O)Nc1ccc2occc2c1. The van der Waals surface area contributed by atoms with Crippen LogP contribution in [0.5, 0.6) is 0 Å². The van der Waals surface area contributed by atoms with E-state index in [1.54, 1.807) is 18.2 Å². The second-order valence-electron chi connectivity index (χ2n) is 4.50. The minimum absolute atomic E-state index is 0.298. The molecule has 0 aliphatic carbocycles. The summed E-state index contributed by atoms with van der Waals surface area (Å²) in [6.07, 6.45) is 1.49. The lowest BCUT2D eigenvalue weighted by molar-refractivity contribution is -0.387. The zero-order valence-corrected chi connectivity index (χ0v) is 11.9. The Bertz CT molecular complexity index is 962. The van der Waals surface area contributed by atoms with Crippen molar-refractivity contribution < 1.29 is 17.8 Å². The molecule has 1 N–H and O–H groups in total. The fraction of sp³-hybridized carbons (Fsp3) is 0. The molecule has 3 aromatic rings. The molecule has 0 saturated carbocycles. The Labute approximate surface area is 125 Å². The highest BCUT2D eigenvalue weighted by Crippen LogP contribution is 2.27. The average molecular weight is 318 g/mol. The molecule has 7 nitrogen and oxygen atoms in total. The summed E-state index contributed by atoms with van der Waals surface area (Å²) in [4.78, 5) is 9.85. The lowest BCUT2D eigenvalue weighted by atomic mass is 10.2. The van der Waals surface area contributed by atoms with E-state index in [2.05, 4.69) is 4.72 Å². The van der Waals surface area contributed by atoms with Gasteiger partial charge in [-0.3, -0.25) is 14.8 Å². The van der Waals surface area contributed by atoms with Gasteiger partial charge in [0.1, 0.15) is 5.58 Å². The highest BCUT2D eigenvalue weighted by molar-refractivity contribution is 7.92. The maximum atomic E-state index is 12.4. The first-order valence-corrected chi connectivity index (χ1v) is 7.69. The molecule has 1 aromatic heterocycles. The number of hydrogen-bond acceptors (Lipinski definition) is 5. The van der Waals surface area contributed by atoms with Crippen molar-refractivity contribution in [2.45, 2.75) is 4.90 Å². The first kappa shape index (κ1) is 14.1. The summed E-state index contributed by atoms with van der Waals surface area (Å²) in [6.45, 7) is 0. The minimum atomic E-state index is -4.06. The summed E-state index contributed by atoms with van der Waals surface area (Å²) in [7, 11) is -4.06. The molecule has 0 aliphatic rings. The van der Waals surface area contributed by atoms with Gasteiger partial charge < -0.3 is 4.42 Å². The molecule has 22 heavy (non-hydrogen) atoms. The highest BCUT2D eigenvalue weighted by atomic mass is 32.2. The van der Waals surface area contributed by atoms with Crippen LogP contribution in [-0.2, 0) is 10.0 Å². The van der Waals surface area contributed by atoms with Gasteiger partial charge in [-0.1, -0.05) is 12.1 Å². The van der Waals surface area contributed by atoms with Gasteiger partial charge in [0, 0.05) is 17.1 Å². The standard InChI is InChI=1S/C14H10N2O5S/c17-16(18)12-3-1-2-4-14(12)22(19,20)15-11-5-6-13-10(9-11)7-8-21-13/h1-9,15H. The Kier molecular flexibility index (Phi) is 3.30. The second kappa shape index (κ2) is 5.15. The topological polar surface area (TPSA) is 102 Å². The third kappa shape index (κ3) is 2.51. The number of hydrogen-bond donors (Lipinski definition) is 1. The van der Waals surface area contributed by atoms with Crippen molar-refractivity contribution in [2.75, 3.05) is 4.72 Å². The fourth-order valence-electron chi connectivity index (χ4n) is 2.08. The van der Waals surface area contributed by atoms with Crippen LogP contribution in [0.25, 0.3) is 11.0 Å². The average Bonchev–Trinajstić information content (AvgIpc) is 2.94. The van der Waals surface area contributed by atoms with E-state index in [4.69, 9.17) is 4.42 Å². The van der Waals surface area contributed by atoms with Crippen LogP contribution in [0.1, 0.15) is 0 Å². The van der Waals surface area contributed by atoms with Gasteiger partial charge in [0.2, 0.25) is 0 Å². The van der Waals surface area contributed by atoms with E-state index in [1.807, 2.05) is 0 Å². The van der Waals surface area contributed by atoms with Crippen molar-refractivity contribution in [2.24, 2.45) is 0 Å². The van der Waals surface area contributed by atoms with Gasteiger partial charge in [-0.05, 0) is 30.3 Å². The normalized spacial score (nSPS) is 11.5. The molecule has 2 aromatic carbocycles. The monoisotopic (exact) mass is 318 g/mol. The van der Waals surface area contributed by atoms with E-state index in [0.717, 1.165) is 11.5 Å². The van der Waals surface area contributed by atoms with Gasteiger partial charge in [0.25, 0.3) is 15.7 Å². The van der Waals surface area contributed by atoms with Crippen LogP contribution < -0.4 is 4.72 Å². The number of sulfonamides is 1. The first-order chi connectivity index (χ1) is 10.5. The number of fused-ring (bicyclic) bond motifs is 1. The molecular formula is C14H10N2O5S. The Morgan fingerprint density at radius 2 is 1.86 bits per heavy atom. The molecule has 0 amide bonds. The molecular weight excluding hydrogens is 308 g/mol. The molecule has 0 saturated heterocycles. The zero-order chi connectivity index (χ0) is 15.7. The number of furan rings is 1. The van der Waals surface area contributed by atoms with E-state index in [9.17, 15) is 18.5 Å². The van der Waals surface area contributed by atoms with Gasteiger partial charge in [-0.2, -0.15) is 0 Å². The van der Waals surface area contributed by atoms with Crippen molar-refractivity contribution in [3.05, 3.63) is 64.9 Å². The summed E-state index contributed by atoms with van der Waals surface area (Å²) in [5, 5.41) is 11.7. The maximum absolute atomic E-state index is 12.4. The Morgan fingerprint density at radius 3 is 2.64 bits per heavy atom. The summed E-state index contributed by atoms with van der Waals surface area (Å²) in [5.74, 6) is 0. The van der Waals surface area contributed by atoms with Gasteiger partial charge in [0.05, 0.1) is 11.2 Å². The molecule has 3 rings (SSSR count). The largest absolute Gasteiger partial charge is 0.464 e. The van der Waals surface area contributed by atoms with Gasteiger partial charge in [0.15, 0.2) is 4.90 Å². The van der Waals surface area contributed by atoms with Crippen molar-refractivity contribution in [3.8, 4) is 0 Å². The number of nitrogens with one attached hydrogen (secondary N) is 1. The number of nitro groups is 1. The Morgan fingerprint density at radius 1 is 1.09 bits per heavy atom. The van der Waals surface area contributed by atoms with Crippen LogP contribution in [-0.4, -0.2) is 13.3 Å². The van der Waals surface area contributed by atoms with Crippen molar-refractivity contribution in [3.63, 3.8) is 0 Å². The van der Waals surface area contributed by atoms with Crippen LogP contribution in [0.4, 0.5) is 11.4 Å². The van der Waals surface area contributed by atoms with E-state index < -0.39 is 20.6 Å². The third-order valence-corrected chi connectivity index (χ3v) is 4.48. The van der Waals surface area contributed by atoms with Crippen LogP contribution in [0, 0.1) is 10.1 Å². The molecule has 0 spiro atoms. The highest BCUT2D eigenvalue weighted by Gasteiger charge is 2.25. The summed E-state index contributed by atoms with van der Waals surface area (Å²) < 4.78 is 32.2. The molecule has 0 atom stereocenters. The van der Waals surface area contributed by atoms with Crippen LogP contribution in [0.2, 0.25) is 0 Å². The Hall–Kier alpha value is -2.87. The predicted molar refractivity (Wildman–Crippen MR) is 80.1 cm³/mol. The number of rotatable bonds is 4. The number of nitro benzene ring substituents is 1. The van der Waals surface area contributed by atoms with Crippen molar-refractivity contribution in [1.29, 1.82) is 0 Å². The fourth-order valence-corrected chi connectivity index (χ4v) is 3.30. The first-order valence-electron chi connectivity index (χ1n) is 6.21. The molecule has 112 valence electrons. The van der Waals surface area contributed by atoms with E-state index in [0.29, 0.717) is 11.3 Å². The third-order valence-electron chi connectivity index (χ3n) is 3.06. The number of para-hydroxylation sites is 1. The minimum Gasteiger partial charge on any atom is -0.464 e. The molecule has 0 unspecified atom stereocenters. The Balaban J connectivity index is 2.01. The van der Waals surface area contributed by atoms with Gasteiger partial charge in [-0.15, -0.1) is 0 Å². The molecule has 8 heteroatoms. The van der Waals surface area contributed by atoms with Crippen molar-refractivity contribution >= 4 is 32.4 Å². The smallest absolute Gasteiger partial charge is 0.289 e. The molecule has 0 aliphatic heterocycles. The van der Waals surface area contributed by atoms with E-state index >= 15 is 0 Å². The van der Waals surface area contributed by atoms with Crippen LogP contribution >= 0.6 is 0 Å². The maximum Gasteiger partial charge on any atom is 0.289 e. The predicted octanol–water partition coefficient (Wildman–Crippen LogP) is 3.14. The van der Waals surface area contributed by atoms with E-state index in [-0.39, 0.29) is 4.90 Å². The quantitative estimate of drug-likeness (QED) is 0.588. The number of nitrogens with zero attached hydrogens (tertiary/aromatic N) is 1. The lowest BCUT2D eigenvalue weighted by Crippen LogP contribution is -2.14. The second-order valence-corrected chi connectivity index (χ2v) is 6.15. The molecule has 0 bridgehead atoms. The van der Waals surface area contributed by atoms with Crippen LogP contribution in [0.15, 0.2) is 64.1 Å². The van der Waals surface area contributed by atoms with Crippen LogP contribution in [0.3, 0.4) is 0 Å². The lowest BCUT2D eigenvalue weighted by Gasteiger charge is -2.08. The molecule has 0 radical (unpaired) electrons. The summed E-state index contributed by atoms with van der Waals surface area (Å²) in [6, 6.07) is 11.6. The summed E-state index contributed by atoms with van der Waals surface area (Å²) in [5.41, 5.74) is 0.445. The van der Waals surface area contributed by atoms with E-state index in [1.165, 1.54) is 30.5 Å². The zero-order valence-electron chi connectivity index (χ0n) is 11.1.